The first kappa shape index (κ1) is 95.5. The van der Waals surface area contributed by atoms with E-state index in [2.05, 4.69) is 72.8 Å². The summed E-state index contributed by atoms with van der Waals surface area (Å²) in [4.78, 5) is 72.9. The molecule has 0 aliphatic carbocycles. The van der Waals surface area contributed by atoms with Gasteiger partial charge in [0.25, 0.3) is 0 Å². The van der Waals surface area contributed by atoms with Crippen molar-refractivity contribution in [2.75, 3.05) is 39.6 Å². The second-order valence-corrected chi connectivity index (χ2v) is 32.1. The minimum atomic E-state index is -4.97. The third-order valence-corrected chi connectivity index (χ3v) is 19.7. The standard InChI is InChI=1S/C79H150O17P2/c1-8-9-10-11-12-13-14-15-16-23-28-33-38-46-53-60-76(81)89-66-74(95-78(83)62-55-48-39-34-29-24-19-17-21-26-31-36-43-50-57-70(2)3)68-93-97(85,86)91-64-73(80)65-92-98(87,88)94-69-75(67-90-77(82)61-54-47-42-41-45-52-59-72(6)7)96-79(84)63-56-49-40-35-30-25-20-18-22-27-32-37-44-51-58-71(4)5/h13-16,70-75,80H,8-12,17-69H2,1-7H3,(H,85,86)(H,87,88)/b14-13-,16-15-/t73-,74-,75-/m1/s1. The van der Waals surface area contributed by atoms with Gasteiger partial charge in [0.05, 0.1) is 26.4 Å². The van der Waals surface area contributed by atoms with Crippen LogP contribution in [0.15, 0.2) is 24.3 Å². The van der Waals surface area contributed by atoms with Gasteiger partial charge in [-0.3, -0.25) is 37.3 Å². The summed E-state index contributed by atoms with van der Waals surface area (Å²) in [5.41, 5.74) is 0. The lowest BCUT2D eigenvalue weighted by Crippen LogP contribution is -2.30. The van der Waals surface area contributed by atoms with Crippen LogP contribution in [0.25, 0.3) is 0 Å². The molecule has 0 aromatic rings. The van der Waals surface area contributed by atoms with Crippen LogP contribution in [-0.2, 0) is 65.4 Å². The van der Waals surface area contributed by atoms with Crippen LogP contribution < -0.4 is 0 Å². The van der Waals surface area contributed by atoms with E-state index in [1.807, 2.05) is 0 Å². The molecule has 0 aliphatic rings. The number of hydrogen-bond donors (Lipinski definition) is 3. The Morgan fingerprint density at radius 2 is 0.551 bits per heavy atom. The molecule has 0 fully saturated rings. The second-order valence-electron chi connectivity index (χ2n) is 29.2. The molecule has 0 radical (unpaired) electrons. The SMILES string of the molecule is CCCCCC/C=C\C=C/CCCCCCCC(=O)OC[C@H](COP(=O)(O)OC[C@@H](O)COP(=O)(O)OC[C@@H](COC(=O)CCCCCCCCC(C)C)OC(=O)CCCCCCCCCCCCCCCCC(C)C)OC(=O)CCCCCCCCCCCCCCCCC(C)C. The van der Waals surface area contributed by atoms with E-state index in [0.29, 0.717) is 31.6 Å². The first-order valence-corrected chi connectivity index (χ1v) is 43.2. The van der Waals surface area contributed by atoms with Crippen molar-refractivity contribution < 1.29 is 80.2 Å². The van der Waals surface area contributed by atoms with Crippen molar-refractivity contribution in [1.29, 1.82) is 0 Å². The van der Waals surface area contributed by atoms with Gasteiger partial charge in [-0.15, -0.1) is 0 Å². The van der Waals surface area contributed by atoms with Gasteiger partial charge in [0.2, 0.25) is 0 Å². The molecule has 0 amide bonds. The molecular weight excluding hydrogens is 1280 g/mol. The van der Waals surface area contributed by atoms with Crippen LogP contribution in [0.2, 0.25) is 0 Å². The zero-order valence-corrected chi connectivity index (χ0v) is 65.5. The van der Waals surface area contributed by atoms with Gasteiger partial charge in [0.15, 0.2) is 12.2 Å². The third kappa shape index (κ3) is 71.9. The second kappa shape index (κ2) is 68.9. The van der Waals surface area contributed by atoms with Crippen molar-refractivity contribution >= 4 is 39.5 Å². The highest BCUT2D eigenvalue weighted by Crippen LogP contribution is 2.45. The molecule has 0 aromatic heterocycles. The molecule has 19 heteroatoms. The first-order chi connectivity index (χ1) is 47.2. The Labute approximate surface area is 599 Å². The monoisotopic (exact) mass is 1430 g/mol. The lowest BCUT2D eigenvalue weighted by molar-refractivity contribution is -0.161. The third-order valence-electron chi connectivity index (χ3n) is 17.8. The highest BCUT2D eigenvalue weighted by Gasteiger charge is 2.30. The molecule has 0 saturated carbocycles. The molecule has 0 aliphatic heterocycles. The van der Waals surface area contributed by atoms with Crippen molar-refractivity contribution in [3.05, 3.63) is 24.3 Å². The zero-order chi connectivity index (χ0) is 72.3. The lowest BCUT2D eigenvalue weighted by atomic mass is 10.0. The number of rotatable bonds is 75. The largest absolute Gasteiger partial charge is 0.472 e. The fourth-order valence-corrected chi connectivity index (χ4v) is 13.2. The number of phosphoric acid groups is 2. The highest BCUT2D eigenvalue weighted by atomic mass is 31.2. The van der Waals surface area contributed by atoms with Gasteiger partial charge in [0, 0.05) is 25.7 Å². The van der Waals surface area contributed by atoms with Gasteiger partial charge < -0.3 is 33.8 Å². The first-order valence-electron chi connectivity index (χ1n) is 40.2. The number of aliphatic hydroxyl groups excluding tert-OH is 1. The Balaban J connectivity index is 5.26. The van der Waals surface area contributed by atoms with Crippen molar-refractivity contribution in [2.24, 2.45) is 17.8 Å². The van der Waals surface area contributed by atoms with Crippen LogP contribution in [0.5, 0.6) is 0 Å². The van der Waals surface area contributed by atoms with Crippen molar-refractivity contribution in [1.82, 2.24) is 0 Å². The van der Waals surface area contributed by atoms with Crippen LogP contribution >= 0.6 is 15.6 Å². The van der Waals surface area contributed by atoms with Gasteiger partial charge in [-0.25, -0.2) is 9.13 Å². The highest BCUT2D eigenvalue weighted by molar-refractivity contribution is 7.47. The maximum Gasteiger partial charge on any atom is 0.472 e. The minimum Gasteiger partial charge on any atom is -0.462 e. The van der Waals surface area contributed by atoms with Crippen LogP contribution in [0.4, 0.5) is 0 Å². The maximum atomic E-state index is 13.1. The van der Waals surface area contributed by atoms with Crippen molar-refractivity contribution in [3.8, 4) is 0 Å². The van der Waals surface area contributed by atoms with E-state index in [1.165, 1.54) is 167 Å². The van der Waals surface area contributed by atoms with Crippen molar-refractivity contribution in [2.45, 2.75) is 401 Å². The molecule has 0 spiro atoms. The number of phosphoric ester groups is 2. The number of carbonyl (C=O) groups is 4. The van der Waals surface area contributed by atoms with Gasteiger partial charge in [0.1, 0.15) is 19.3 Å². The summed E-state index contributed by atoms with van der Waals surface area (Å²) in [6, 6.07) is 0. The van der Waals surface area contributed by atoms with Crippen LogP contribution in [-0.4, -0.2) is 96.7 Å². The Morgan fingerprint density at radius 1 is 0.316 bits per heavy atom. The van der Waals surface area contributed by atoms with Gasteiger partial charge in [-0.05, 0) is 69.1 Å². The topological polar surface area (TPSA) is 237 Å². The molecule has 0 saturated heterocycles. The molecule has 0 heterocycles. The van der Waals surface area contributed by atoms with E-state index >= 15 is 0 Å². The number of ether oxygens (including phenoxy) is 4. The fourth-order valence-electron chi connectivity index (χ4n) is 11.6. The van der Waals surface area contributed by atoms with Gasteiger partial charge in [-0.2, -0.15) is 0 Å². The minimum absolute atomic E-state index is 0.100. The van der Waals surface area contributed by atoms with Crippen LogP contribution in [0.1, 0.15) is 382 Å². The predicted molar refractivity (Wildman–Crippen MR) is 400 cm³/mol. The number of unbranched alkanes of at least 4 members (excludes halogenated alkanes) is 40. The Kier molecular flexibility index (Phi) is 67.2. The molecule has 17 nitrogen and oxygen atoms in total. The van der Waals surface area contributed by atoms with Crippen molar-refractivity contribution in [3.63, 3.8) is 0 Å². The molecule has 578 valence electrons. The number of carbonyl (C=O) groups excluding carboxylic acids is 4. The molecule has 0 rings (SSSR count). The zero-order valence-electron chi connectivity index (χ0n) is 63.7. The molecule has 0 aromatic carbocycles. The lowest BCUT2D eigenvalue weighted by Gasteiger charge is -2.21. The number of esters is 4. The molecule has 2 unspecified atom stereocenters. The molecule has 98 heavy (non-hydrogen) atoms. The van der Waals surface area contributed by atoms with E-state index in [9.17, 15) is 43.2 Å². The van der Waals surface area contributed by atoms with Gasteiger partial charge in [-0.1, -0.05) is 330 Å². The van der Waals surface area contributed by atoms with E-state index in [-0.39, 0.29) is 25.7 Å². The van der Waals surface area contributed by atoms with Crippen LogP contribution in [0.3, 0.4) is 0 Å². The summed E-state index contributed by atoms with van der Waals surface area (Å²) < 4.78 is 68.6. The van der Waals surface area contributed by atoms with E-state index < -0.39 is 97.5 Å². The van der Waals surface area contributed by atoms with Crippen LogP contribution in [0, 0.1) is 17.8 Å². The normalized spacial score (nSPS) is 14.2. The number of allylic oxidation sites excluding steroid dienone is 4. The van der Waals surface area contributed by atoms with E-state index in [4.69, 9.17) is 37.0 Å². The Hall–Kier alpha value is -2.46. The summed E-state index contributed by atoms with van der Waals surface area (Å²) in [5.74, 6) is 0.119. The molecule has 5 atom stereocenters. The molecule has 3 N–H and O–H groups in total. The average Bonchev–Trinajstić information content (AvgIpc) is 0.953. The summed E-state index contributed by atoms with van der Waals surface area (Å²) in [6.07, 6.45) is 59.2. The summed E-state index contributed by atoms with van der Waals surface area (Å²) in [6.45, 7) is 11.8. The molecular formula is C79H150O17P2. The maximum absolute atomic E-state index is 13.1. The van der Waals surface area contributed by atoms with E-state index in [1.54, 1.807) is 0 Å². The van der Waals surface area contributed by atoms with Gasteiger partial charge >= 0.3 is 39.5 Å². The summed E-state index contributed by atoms with van der Waals surface area (Å²) in [5, 5.41) is 10.6. The van der Waals surface area contributed by atoms with E-state index in [0.717, 1.165) is 127 Å². The predicted octanol–water partition coefficient (Wildman–Crippen LogP) is 22.9. The Bertz CT molecular complexity index is 2000. The fraction of sp³-hybridized carbons (Fsp3) is 0.899. The Morgan fingerprint density at radius 3 is 0.827 bits per heavy atom. The summed E-state index contributed by atoms with van der Waals surface area (Å²) >= 11 is 0. The number of hydrogen-bond acceptors (Lipinski definition) is 15. The average molecular weight is 1430 g/mol. The number of aliphatic hydroxyl groups is 1. The summed E-state index contributed by atoms with van der Waals surface area (Å²) in [7, 11) is -9.93. The quantitative estimate of drug-likeness (QED) is 0.0169. The molecule has 0 bridgehead atoms. The smallest absolute Gasteiger partial charge is 0.462 e.